The lowest BCUT2D eigenvalue weighted by Gasteiger charge is -2.16. The van der Waals surface area contributed by atoms with Crippen molar-refractivity contribution in [3.05, 3.63) is 28.8 Å². The summed E-state index contributed by atoms with van der Waals surface area (Å²) in [7, 11) is 0. The molecule has 0 radical (unpaired) electrons. The number of hydrogen-bond acceptors (Lipinski definition) is 3. The highest BCUT2D eigenvalue weighted by Crippen LogP contribution is 2.28. The predicted octanol–water partition coefficient (Wildman–Crippen LogP) is 3.48. The Balaban J connectivity index is 2.63. The molecule has 0 heterocycles. The Morgan fingerprint density at radius 2 is 2.18 bits per heavy atom. The van der Waals surface area contributed by atoms with Gasteiger partial charge in [-0.05, 0) is 37.3 Å². The van der Waals surface area contributed by atoms with Gasteiger partial charge in [-0.2, -0.15) is 0 Å². The molecule has 0 aliphatic rings. The van der Waals surface area contributed by atoms with E-state index in [1.54, 1.807) is 11.8 Å². The van der Waals surface area contributed by atoms with E-state index >= 15 is 0 Å². The molecule has 4 heteroatoms. The van der Waals surface area contributed by atoms with Gasteiger partial charge in [-0.3, -0.25) is 0 Å². The fourth-order valence-corrected chi connectivity index (χ4v) is 2.34. The second-order valence-electron chi connectivity index (χ2n) is 4.13. The monoisotopic (exact) mass is 273 g/mol. The van der Waals surface area contributed by atoms with E-state index in [9.17, 15) is 5.11 Å². The molecule has 1 aromatic carbocycles. The summed E-state index contributed by atoms with van der Waals surface area (Å²) in [6.07, 6.45) is 2.54. The molecule has 2 nitrogen and oxygen atoms in total. The number of benzene rings is 1. The van der Waals surface area contributed by atoms with Crippen molar-refractivity contribution in [1.29, 1.82) is 0 Å². The number of aliphatic hydroxyl groups is 1. The molecular formula is C13H20ClNOS. The largest absolute Gasteiger partial charge is 0.387 e. The highest BCUT2D eigenvalue weighted by atomic mass is 35.5. The van der Waals surface area contributed by atoms with Gasteiger partial charge in [-0.15, -0.1) is 11.8 Å². The summed E-state index contributed by atoms with van der Waals surface area (Å²) in [6, 6.07) is 6.15. The lowest BCUT2D eigenvalue weighted by molar-refractivity contribution is 0.170. The highest BCUT2D eigenvalue weighted by molar-refractivity contribution is 7.98. The van der Waals surface area contributed by atoms with Crippen molar-refractivity contribution in [3.63, 3.8) is 0 Å². The van der Waals surface area contributed by atoms with Crippen LogP contribution < -0.4 is 5.32 Å². The standard InChI is InChI=1S/C13H20ClNOS/c1-4-9(2)15-8-12(16)10-5-6-13(17-3)11(14)7-10/h5-7,9,12,15-16H,4,8H2,1-3H3. The number of thioether (sulfide) groups is 1. The maximum atomic E-state index is 10.0. The van der Waals surface area contributed by atoms with E-state index in [-0.39, 0.29) is 0 Å². The first-order valence-corrected chi connectivity index (χ1v) is 7.43. The summed E-state index contributed by atoms with van der Waals surface area (Å²) in [6.45, 7) is 4.79. The van der Waals surface area contributed by atoms with Gasteiger partial charge < -0.3 is 10.4 Å². The zero-order valence-corrected chi connectivity index (χ0v) is 12.1. The van der Waals surface area contributed by atoms with Crippen LogP contribution in [0.4, 0.5) is 0 Å². The Morgan fingerprint density at radius 1 is 1.47 bits per heavy atom. The summed E-state index contributed by atoms with van der Waals surface area (Å²) in [4.78, 5) is 1.04. The summed E-state index contributed by atoms with van der Waals surface area (Å²) >= 11 is 7.72. The third-order valence-corrected chi connectivity index (χ3v) is 4.05. The average molecular weight is 274 g/mol. The fraction of sp³-hybridized carbons (Fsp3) is 0.538. The molecule has 0 aromatic heterocycles. The van der Waals surface area contributed by atoms with Crippen molar-refractivity contribution in [3.8, 4) is 0 Å². The van der Waals surface area contributed by atoms with Crippen molar-refractivity contribution in [2.75, 3.05) is 12.8 Å². The van der Waals surface area contributed by atoms with E-state index in [0.717, 1.165) is 16.9 Å². The summed E-state index contributed by atoms with van der Waals surface area (Å²) < 4.78 is 0. The minimum atomic E-state index is -0.502. The molecule has 0 amide bonds. The Labute approximate surface area is 113 Å². The average Bonchev–Trinajstić information content (AvgIpc) is 2.35. The van der Waals surface area contributed by atoms with Crippen LogP contribution in [0, 0.1) is 0 Å². The van der Waals surface area contributed by atoms with Gasteiger partial charge in [0.1, 0.15) is 0 Å². The first-order chi connectivity index (χ1) is 8.08. The normalized spacial score (nSPS) is 14.6. The number of halogens is 1. The molecule has 0 bridgehead atoms. The molecule has 1 aromatic rings. The van der Waals surface area contributed by atoms with E-state index < -0.39 is 6.10 Å². The van der Waals surface area contributed by atoms with Crippen LogP contribution in [-0.4, -0.2) is 23.9 Å². The van der Waals surface area contributed by atoms with Crippen LogP contribution in [0.25, 0.3) is 0 Å². The molecule has 2 N–H and O–H groups in total. The Kier molecular flexibility index (Phi) is 6.34. The minimum absolute atomic E-state index is 0.422. The van der Waals surface area contributed by atoms with Crippen LogP contribution in [0.3, 0.4) is 0 Å². The lowest BCUT2D eigenvalue weighted by atomic mass is 10.1. The third kappa shape index (κ3) is 4.51. The summed E-state index contributed by atoms with van der Waals surface area (Å²) in [5.74, 6) is 0. The number of rotatable bonds is 6. The molecule has 2 atom stereocenters. The van der Waals surface area contributed by atoms with Gasteiger partial charge in [-0.1, -0.05) is 24.6 Å². The maximum Gasteiger partial charge on any atom is 0.0915 e. The van der Waals surface area contributed by atoms with Gasteiger partial charge in [-0.25, -0.2) is 0 Å². The fourth-order valence-electron chi connectivity index (χ4n) is 1.46. The molecule has 0 saturated heterocycles. The highest BCUT2D eigenvalue weighted by Gasteiger charge is 2.10. The zero-order valence-electron chi connectivity index (χ0n) is 10.5. The number of hydrogen-bond donors (Lipinski definition) is 2. The Hall–Kier alpha value is -0.220. The van der Waals surface area contributed by atoms with Crippen LogP contribution in [-0.2, 0) is 0 Å². The van der Waals surface area contributed by atoms with Gasteiger partial charge in [0.05, 0.1) is 11.1 Å². The molecule has 2 unspecified atom stereocenters. The van der Waals surface area contributed by atoms with Gasteiger partial charge >= 0.3 is 0 Å². The van der Waals surface area contributed by atoms with E-state index in [0.29, 0.717) is 17.6 Å². The topological polar surface area (TPSA) is 32.3 Å². The van der Waals surface area contributed by atoms with Crippen LogP contribution in [0.5, 0.6) is 0 Å². The molecule has 17 heavy (non-hydrogen) atoms. The van der Waals surface area contributed by atoms with Crippen molar-refractivity contribution in [2.24, 2.45) is 0 Å². The first-order valence-electron chi connectivity index (χ1n) is 5.83. The van der Waals surface area contributed by atoms with Gasteiger partial charge in [0, 0.05) is 17.5 Å². The minimum Gasteiger partial charge on any atom is -0.387 e. The second kappa shape index (κ2) is 7.27. The van der Waals surface area contributed by atoms with E-state index in [4.69, 9.17) is 11.6 Å². The first kappa shape index (κ1) is 14.8. The Bertz CT molecular complexity index is 359. The predicted molar refractivity (Wildman–Crippen MR) is 75.9 cm³/mol. The molecule has 0 spiro atoms. The van der Waals surface area contributed by atoms with Crippen LogP contribution in [0.1, 0.15) is 31.9 Å². The SMILES string of the molecule is CCC(C)NCC(O)c1ccc(SC)c(Cl)c1. The van der Waals surface area contributed by atoms with Crippen molar-refractivity contribution in [2.45, 2.75) is 37.3 Å². The van der Waals surface area contributed by atoms with Crippen molar-refractivity contribution < 1.29 is 5.11 Å². The van der Waals surface area contributed by atoms with Gasteiger partial charge in [0.25, 0.3) is 0 Å². The second-order valence-corrected chi connectivity index (χ2v) is 5.38. The summed E-state index contributed by atoms with van der Waals surface area (Å²) in [5.41, 5.74) is 0.864. The Morgan fingerprint density at radius 3 is 2.71 bits per heavy atom. The van der Waals surface area contributed by atoms with Crippen LogP contribution in [0.15, 0.2) is 23.1 Å². The van der Waals surface area contributed by atoms with Crippen molar-refractivity contribution in [1.82, 2.24) is 5.32 Å². The molecule has 1 rings (SSSR count). The molecule has 0 fully saturated rings. The van der Waals surface area contributed by atoms with Crippen molar-refractivity contribution >= 4 is 23.4 Å². The van der Waals surface area contributed by atoms with Crippen LogP contribution >= 0.6 is 23.4 Å². The molecular weight excluding hydrogens is 254 g/mol. The maximum absolute atomic E-state index is 10.0. The molecule has 96 valence electrons. The lowest BCUT2D eigenvalue weighted by Crippen LogP contribution is -2.29. The van der Waals surface area contributed by atoms with Gasteiger partial charge in [0.2, 0.25) is 0 Å². The van der Waals surface area contributed by atoms with Crippen LogP contribution in [0.2, 0.25) is 5.02 Å². The number of aliphatic hydroxyl groups excluding tert-OH is 1. The van der Waals surface area contributed by atoms with E-state index in [1.807, 2.05) is 24.5 Å². The molecule has 0 saturated carbocycles. The van der Waals surface area contributed by atoms with E-state index in [1.165, 1.54) is 0 Å². The van der Waals surface area contributed by atoms with Gasteiger partial charge in [0.15, 0.2) is 0 Å². The number of nitrogens with one attached hydrogen (secondary N) is 1. The molecule has 0 aliphatic carbocycles. The smallest absolute Gasteiger partial charge is 0.0915 e. The molecule has 0 aliphatic heterocycles. The van der Waals surface area contributed by atoms with E-state index in [2.05, 4.69) is 19.2 Å². The zero-order chi connectivity index (χ0) is 12.8. The third-order valence-electron chi connectivity index (χ3n) is 2.83. The quantitative estimate of drug-likeness (QED) is 0.779. The summed E-state index contributed by atoms with van der Waals surface area (Å²) in [5, 5.41) is 14.0.